The SMILES string of the molecule is CCSCC.CC[S+](Cl)CC.[Cl][Sb-]([Cl])([Cl])([Cl])([Cl])[Cl].[Cl][Sb]([Cl])([Cl])([Cl])[Cl]. The van der Waals surface area contributed by atoms with E-state index in [1.165, 1.54) is 11.5 Å². The van der Waals surface area contributed by atoms with Gasteiger partial charge in [-0.15, -0.1) is 0 Å². The fourth-order valence-electron chi connectivity index (χ4n) is 0.408. The first kappa shape index (κ1) is 37.1. The molecule has 0 saturated heterocycles. The summed E-state index contributed by atoms with van der Waals surface area (Å²) < 4.78 is 0. The minimum absolute atomic E-state index is 0.188. The van der Waals surface area contributed by atoms with Crippen LogP contribution in [0.25, 0.3) is 0 Å². The van der Waals surface area contributed by atoms with Crippen molar-refractivity contribution in [1.82, 2.24) is 0 Å². The van der Waals surface area contributed by atoms with Crippen molar-refractivity contribution >= 4 is 151 Å². The Balaban J connectivity index is -0.000000112. The molecule has 24 heavy (non-hydrogen) atoms. The van der Waals surface area contributed by atoms with Gasteiger partial charge in [-0.3, -0.25) is 0 Å². The maximum absolute atomic E-state index is 5.68. The summed E-state index contributed by atoms with van der Waals surface area (Å²) in [4.78, 5) is 0. The zero-order valence-corrected chi connectivity index (χ0v) is 28.9. The molecule has 158 valence electrons. The third-order valence-electron chi connectivity index (χ3n) is 1.03. The first-order valence-electron chi connectivity index (χ1n) is 6.00. The summed E-state index contributed by atoms with van der Waals surface area (Å²) in [5.74, 6) is 4.77. The molecule has 0 rings (SSSR count). The summed E-state index contributed by atoms with van der Waals surface area (Å²) in [7, 11) is 56.1. The van der Waals surface area contributed by atoms with Gasteiger partial charge in [-0.25, -0.2) is 0 Å². The van der Waals surface area contributed by atoms with Crippen LogP contribution >= 0.6 is 120 Å². The number of thioether (sulfide) groups is 1. The van der Waals surface area contributed by atoms with Crippen LogP contribution in [-0.4, -0.2) is 43.8 Å². The quantitative estimate of drug-likeness (QED) is 0.201. The van der Waals surface area contributed by atoms with Gasteiger partial charge in [-0.2, -0.15) is 11.8 Å². The van der Waals surface area contributed by atoms with Crippen molar-refractivity contribution in [3.05, 3.63) is 0 Å². The molecule has 0 aromatic carbocycles. The van der Waals surface area contributed by atoms with E-state index in [2.05, 4.69) is 27.7 Å². The standard InChI is InChI=1S/C4H10ClS.C4H10S.11ClH.2Sb/c1-3-6(5)4-2;1-3-5-4-2;;;;;;;;;;;;;/h3-4H2,1-2H3;3-4H2,1-2H3;11*1H;;/q+1;;;;;;;;;;;;;2*+5/p-11. The van der Waals surface area contributed by atoms with Gasteiger partial charge in [0.1, 0.15) is 21.6 Å². The minimum atomic E-state index is -5.42. The molecule has 0 radical (unpaired) electrons. The van der Waals surface area contributed by atoms with Crippen LogP contribution in [0.4, 0.5) is 0 Å². The summed E-state index contributed by atoms with van der Waals surface area (Å²) in [5.41, 5.74) is 0. The maximum atomic E-state index is 5.68. The van der Waals surface area contributed by atoms with Gasteiger partial charge in [-0.1, -0.05) is 13.8 Å². The van der Waals surface area contributed by atoms with Crippen molar-refractivity contribution < 1.29 is 0 Å². The van der Waals surface area contributed by atoms with Gasteiger partial charge < -0.3 is 0 Å². The van der Waals surface area contributed by atoms with Gasteiger partial charge >= 0.3 is 118 Å². The summed E-state index contributed by atoms with van der Waals surface area (Å²) in [5, 5.41) is 0. The van der Waals surface area contributed by atoms with Crippen molar-refractivity contribution in [3.8, 4) is 0 Å². The van der Waals surface area contributed by atoms with Crippen molar-refractivity contribution in [3.63, 3.8) is 0 Å². The molecule has 0 spiro atoms. The molecule has 0 unspecified atom stereocenters. The third-order valence-corrected chi connectivity index (χ3v) is 4.41. The second-order valence-corrected chi connectivity index (χ2v) is 103. The molecule has 0 aliphatic rings. The molecular formula is C8H20Cl12S2Sb2. The number of hydrogen-bond donors (Lipinski definition) is 0. The van der Waals surface area contributed by atoms with Crippen molar-refractivity contribution in [1.29, 1.82) is 0 Å². The van der Waals surface area contributed by atoms with E-state index >= 15 is 0 Å². The van der Waals surface area contributed by atoms with Crippen LogP contribution in [0.5, 0.6) is 0 Å². The van der Waals surface area contributed by atoms with Crippen molar-refractivity contribution in [2.45, 2.75) is 27.7 Å². The first-order valence-corrected chi connectivity index (χ1v) is 45.1. The molecule has 0 saturated carbocycles. The topological polar surface area (TPSA) is 0 Å². The van der Waals surface area contributed by atoms with E-state index in [4.69, 9.17) is 108 Å². The predicted octanol–water partition coefficient (Wildman–Crippen LogP) is 10.4. The second-order valence-electron chi connectivity index (χ2n) is 3.38. The van der Waals surface area contributed by atoms with E-state index in [1.807, 2.05) is 11.8 Å². The molecule has 0 aromatic heterocycles. The van der Waals surface area contributed by atoms with Crippen LogP contribution in [0.2, 0.25) is 0 Å². The average Bonchev–Trinajstić information content (AvgIpc) is 2.22. The van der Waals surface area contributed by atoms with Crippen LogP contribution in [0.3, 0.4) is 0 Å². The summed E-state index contributed by atoms with van der Waals surface area (Å²) in [6.07, 6.45) is 0. The monoisotopic (exact) mass is 842 g/mol. The molecule has 0 amide bonds. The molecule has 0 heterocycles. The third kappa shape index (κ3) is 143. The Morgan fingerprint density at radius 3 is 0.875 bits per heavy atom. The van der Waals surface area contributed by atoms with E-state index in [0.717, 1.165) is 11.5 Å². The van der Waals surface area contributed by atoms with Crippen LogP contribution in [0, 0.1) is 0 Å². The Morgan fingerprint density at radius 2 is 0.875 bits per heavy atom. The van der Waals surface area contributed by atoms with Crippen LogP contribution in [-0.2, 0) is 10.1 Å². The van der Waals surface area contributed by atoms with E-state index in [0.29, 0.717) is 0 Å². The van der Waals surface area contributed by atoms with Gasteiger partial charge in [0.2, 0.25) is 0 Å². The van der Waals surface area contributed by atoms with E-state index < -0.39 is 20.8 Å². The number of rotatable bonds is 4. The zero-order valence-electron chi connectivity index (χ0n) is 13.1. The predicted molar refractivity (Wildman–Crippen MR) is 139 cm³/mol. The molecule has 0 aromatic rings. The summed E-state index contributed by atoms with van der Waals surface area (Å²) in [6, 6.07) is 0. The summed E-state index contributed by atoms with van der Waals surface area (Å²) in [6.45, 7) is 8.57. The Kier molecular flexibility index (Phi) is 22.9. The van der Waals surface area contributed by atoms with Gasteiger partial charge in [0.05, 0.1) is 0 Å². The molecule has 0 bridgehead atoms. The molecule has 0 N–H and O–H groups in total. The number of halogens is 12. The Hall–Kier alpha value is 5.82. The van der Waals surface area contributed by atoms with Gasteiger partial charge in [-0.05, 0) is 25.4 Å². The van der Waals surface area contributed by atoms with Crippen LogP contribution in [0.15, 0.2) is 0 Å². The van der Waals surface area contributed by atoms with Crippen molar-refractivity contribution in [2.75, 3.05) is 23.0 Å². The van der Waals surface area contributed by atoms with Crippen molar-refractivity contribution in [2.24, 2.45) is 0 Å². The first-order chi connectivity index (χ1) is 9.91. The Morgan fingerprint density at radius 1 is 0.708 bits per heavy atom. The zero-order chi connectivity index (χ0) is 21.0. The molecule has 0 aliphatic carbocycles. The van der Waals surface area contributed by atoms with Crippen LogP contribution < -0.4 is 0 Å². The average molecular weight is 849 g/mol. The van der Waals surface area contributed by atoms with E-state index in [-0.39, 0.29) is 10.1 Å². The molecule has 0 aliphatic heterocycles. The molecule has 0 fully saturated rings. The molecule has 16 heteroatoms. The van der Waals surface area contributed by atoms with E-state index in [9.17, 15) is 0 Å². The fourth-order valence-corrected chi connectivity index (χ4v) is 1.22. The van der Waals surface area contributed by atoms with Gasteiger partial charge in [0.25, 0.3) is 0 Å². The number of hydrogen-bond acceptors (Lipinski definition) is 1. The molecule has 0 atom stereocenters. The molecule has 0 nitrogen and oxygen atoms in total. The fraction of sp³-hybridized carbons (Fsp3) is 1.00. The molecular weight excluding hydrogens is 829 g/mol. The summed E-state index contributed by atoms with van der Waals surface area (Å²) >= 11 is -2.37. The Labute approximate surface area is 197 Å². The Bertz CT molecular complexity index is 274. The van der Waals surface area contributed by atoms with Gasteiger partial charge in [0, 0.05) is 0 Å². The van der Waals surface area contributed by atoms with Gasteiger partial charge in [0.15, 0.2) is 10.7 Å². The second kappa shape index (κ2) is 14.8. The normalized spacial score (nSPS) is 15.8. The van der Waals surface area contributed by atoms with E-state index in [1.54, 1.807) is 0 Å². The van der Waals surface area contributed by atoms with Crippen LogP contribution in [0.1, 0.15) is 27.7 Å².